The molecule has 6 nitrogen and oxygen atoms in total. The van der Waals surface area contributed by atoms with Crippen LogP contribution in [0.15, 0.2) is 28.7 Å². The van der Waals surface area contributed by atoms with E-state index >= 15 is 0 Å². The zero-order chi connectivity index (χ0) is 17.3. The maximum Gasteiger partial charge on any atom is 0.267 e. The summed E-state index contributed by atoms with van der Waals surface area (Å²) in [6, 6.07) is 6.23. The van der Waals surface area contributed by atoms with Gasteiger partial charge in [0.15, 0.2) is 6.61 Å². The number of benzene rings is 1. The van der Waals surface area contributed by atoms with Crippen LogP contribution in [0.25, 0.3) is 0 Å². The Morgan fingerprint density at radius 3 is 2.88 bits per heavy atom. The van der Waals surface area contributed by atoms with Crippen molar-refractivity contribution >= 4 is 5.91 Å². The smallest absolute Gasteiger partial charge is 0.267 e. The van der Waals surface area contributed by atoms with Crippen LogP contribution in [-0.4, -0.2) is 40.1 Å². The quantitative estimate of drug-likeness (QED) is 0.858. The number of carbonyl (C=O) groups excluding carboxylic acids is 1. The molecular weight excluding hydrogens is 320 g/mol. The van der Waals surface area contributed by atoms with Crippen LogP contribution in [0.3, 0.4) is 0 Å². The normalized spacial score (nSPS) is 19.5. The molecule has 1 fully saturated rings. The van der Waals surface area contributed by atoms with Gasteiger partial charge in [-0.05, 0) is 24.6 Å². The number of nitrogens with zero attached hydrogens (tertiary/aromatic N) is 3. The Morgan fingerprint density at radius 1 is 1.42 bits per heavy atom. The second kappa shape index (κ2) is 6.18. The lowest BCUT2D eigenvalue weighted by molar-refractivity contribution is -0.135. The van der Waals surface area contributed by atoms with Crippen molar-refractivity contribution in [2.75, 3.05) is 13.2 Å². The van der Waals surface area contributed by atoms with E-state index in [0.29, 0.717) is 5.75 Å². The molecule has 1 aromatic heterocycles. The van der Waals surface area contributed by atoms with E-state index in [1.54, 1.807) is 25.1 Å². The molecule has 24 heavy (non-hydrogen) atoms. The van der Waals surface area contributed by atoms with Gasteiger partial charge in [0.1, 0.15) is 11.8 Å². The number of alkyl halides is 2. The molecule has 1 atom stereocenters. The van der Waals surface area contributed by atoms with Crippen LogP contribution in [-0.2, 0) is 4.79 Å². The summed E-state index contributed by atoms with van der Waals surface area (Å²) in [5.74, 6) is -2.74. The van der Waals surface area contributed by atoms with E-state index in [1.165, 1.54) is 0 Å². The first kappa shape index (κ1) is 16.4. The number of halogens is 2. The molecule has 2 heterocycles. The van der Waals surface area contributed by atoms with Gasteiger partial charge in [-0.25, -0.2) is 8.78 Å². The fraction of sp³-hybridized carbons (Fsp3) is 0.438. The predicted molar refractivity (Wildman–Crippen MR) is 79.7 cm³/mol. The molecule has 1 aliphatic rings. The van der Waals surface area contributed by atoms with Gasteiger partial charge in [-0.1, -0.05) is 12.1 Å². The number of ether oxygens (including phenoxy) is 1. The summed E-state index contributed by atoms with van der Waals surface area (Å²) in [7, 11) is 0. The second-order valence-electron chi connectivity index (χ2n) is 5.86. The lowest BCUT2D eigenvalue weighted by Gasteiger charge is -2.21. The Morgan fingerprint density at radius 2 is 2.21 bits per heavy atom. The summed E-state index contributed by atoms with van der Waals surface area (Å²) >= 11 is 0. The van der Waals surface area contributed by atoms with Gasteiger partial charge in [0.2, 0.25) is 11.8 Å². The van der Waals surface area contributed by atoms with Gasteiger partial charge < -0.3 is 14.1 Å². The molecule has 0 aliphatic carbocycles. The monoisotopic (exact) mass is 337 g/mol. The van der Waals surface area contributed by atoms with E-state index in [-0.39, 0.29) is 18.4 Å². The summed E-state index contributed by atoms with van der Waals surface area (Å²) in [6.07, 6.45) is -0.537. The van der Waals surface area contributed by atoms with Crippen molar-refractivity contribution in [3.63, 3.8) is 0 Å². The minimum Gasteiger partial charge on any atom is -0.484 e. The van der Waals surface area contributed by atoms with Crippen LogP contribution < -0.4 is 4.74 Å². The first-order valence-electron chi connectivity index (χ1n) is 7.51. The van der Waals surface area contributed by atoms with E-state index in [1.807, 2.05) is 13.0 Å². The summed E-state index contributed by atoms with van der Waals surface area (Å²) in [6.45, 7) is 2.44. The third-order valence-corrected chi connectivity index (χ3v) is 3.77. The van der Waals surface area contributed by atoms with Crippen molar-refractivity contribution in [3.05, 3.63) is 41.6 Å². The van der Waals surface area contributed by atoms with Gasteiger partial charge in [-0.2, -0.15) is 0 Å². The van der Waals surface area contributed by atoms with Crippen LogP contribution in [0.4, 0.5) is 8.78 Å². The van der Waals surface area contributed by atoms with E-state index in [4.69, 9.17) is 9.15 Å². The average Bonchev–Trinajstić information content (AvgIpc) is 3.08. The van der Waals surface area contributed by atoms with Gasteiger partial charge in [-0.15, -0.1) is 10.2 Å². The van der Waals surface area contributed by atoms with Gasteiger partial charge in [0.25, 0.3) is 11.8 Å². The number of aromatic nitrogens is 2. The number of rotatable bonds is 4. The second-order valence-corrected chi connectivity index (χ2v) is 5.86. The Bertz CT molecular complexity index is 748. The molecule has 0 radical (unpaired) electrons. The fourth-order valence-electron chi connectivity index (χ4n) is 2.68. The summed E-state index contributed by atoms with van der Waals surface area (Å²) in [5.41, 5.74) is 0.979. The molecule has 128 valence electrons. The van der Waals surface area contributed by atoms with Crippen molar-refractivity contribution in [1.29, 1.82) is 0 Å². The molecule has 1 aliphatic heterocycles. The van der Waals surface area contributed by atoms with Crippen molar-refractivity contribution in [1.82, 2.24) is 15.1 Å². The van der Waals surface area contributed by atoms with Gasteiger partial charge >= 0.3 is 0 Å². The Labute approximate surface area is 137 Å². The van der Waals surface area contributed by atoms with Crippen LogP contribution in [0.1, 0.15) is 29.8 Å². The van der Waals surface area contributed by atoms with Gasteiger partial charge in [-0.3, -0.25) is 4.79 Å². The average molecular weight is 337 g/mol. The topological polar surface area (TPSA) is 68.5 Å². The number of carbonyl (C=O) groups is 1. The molecular formula is C16H17F2N3O3. The molecule has 1 aromatic carbocycles. The van der Waals surface area contributed by atoms with Gasteiger partial charge in [0.05, 0.1) is 6.54 Å². The van der Waals surface area contributed by atoms with Crippen LogP contribution >= 0.6 is 0 Å². The highest BCUT2D eigenvalue weighted by molar-refractivity contribution is 5.78. The highest BCUT2D eigenvalue weighted by atomic mass is 19.3. The van der Waals surface area contributed by atoms with E-state index in [9.17, 15) is 13.6 Å². The van der Waals surface area contributed by atoms with Crippen LogP contribution in [0.5, 0.6) is 5.75 Å². The van der Waals surface area contributed by atoms with Crippen molar-refractivity contribution in [2.45, 2.75) is 32.2 Å². The molecule has 0 spiro atoms. The number of amides is 1. The molecule has 0 bridgehead atoms. The molecule has 8 heteroatoms. The van der Waals surface area contributed by atoms with E-state index in [2.05, 4.69) is 10.2 Å². The van der Waals surface area contributed by atoms with Crippen molar-refractivity contribution in [3.8, 4) is 5.75 Å². The Hall–Kier alpha value is -2.51. The molecule has 0 saturated carbocycles. The first-order chi connectivity index (χ1) is 11.3. The molecule has 1 saturated heterocycles. The number of aryl methyl sites for hydroxylation is 2. The summed E-state index contributed by atoms with van der Waals surface area (Å²) < 4.78 is 38.2. The standard InChI is InChI=1S/C16H17F2N3O3/c1-10-4-3-5-12(6-10)23-8-14(22)21-9-16(17,18)7-13(21)15-20-19-11(2)24-15/h3-6,13H,7-9H2,1-2H3/t13-/m0/s1. The Balaban J connectivity index is 1.71. The highest BCUT2D eigenvalue weighted by Crippen LogP contribution is 2.40. The number of likely N-dealkylation sites (tertiary alicyclic amines) is 1. The van der Waals surface area contributed by atoms with E-state index < -0.39 is 30.8 Å². The minimum absolute atomic E-state index is 0.0218. The molecule has 2 aromatic rings. The maximum absolute atomic E-state index is 13.8. The Kier molecular flexibility index (Phi) is 4.21. The largest absolute Gasteiger partial charge is 0.484 e. The predicted octanol–water partition coefficient (Wildman–Crippen LogP) is 2.67. The van der Waals surface area contributed by atoms with Crippen molar-refractivity contribution in [2.24, 2.45) is 0 Å². The first-order valence-corrected chi connectivity index (χ1v) is 7.51. The van der Waals surface area contributed by atoms with Crippen LogP contribution in [0, 0.1) is 13.8 Å². The lowest BCUT2D eigenvalue weighted by atomic mass is 10.2. The zero-order valence-electron chi connectivity index (χ0n) is 13.3. The molecule has 3 rings (SSSR count). The molecule has 1 amide bonds. The maximum atomic E-state index is 13.8. The van der Waals surface area contributed by atoms with E-state index in [0.717, 1.165) is 10.5 Å². The summed E-state index contributed by atoms with van der Waals surface area (Å²) in [4.78, 5) is 13.4. The zero-order valence-corrected chi connectivity index (χ0v) is 13.3. The highest BCUT2D eigenvalue weighted by Gasteiger charge is 2.49. The molecule has 0 unspecified atom stereocenters. The summed E-state index contributed by atoms with van der Waals surface area (Å²) in [5, 5.41) is 7.42. The minimum atomic E-state index is -2.99. The molecule has 0 N–H and O–H groups in total. The van der Waals surface area contributed by atoms with Crippen LogP contribution in [0.2, 0.25) is 0 Å². The lowest BCUT2D eigenvalue weighted by Crippen LogP contribution is -2.36. The van der Waals surface area contributed by atoms with Crippen molar-refractivity contribution < 1.29 is 22.7 Å². The van der Waals surface area contributed by atoms with Gasteiger partial charge in [0, 0.05) is 13.3 Å². The third-order valence-electron chi connectivity index (χ3n) is 3.77. The SMILES string of the molecule is Cc1cccc(OCC(=O)N2CC(F)(F)C[C@H]2c2nnc(C)o2)c1. The third kappa shape index (κ3) is 3.52. The number of hydrogen-bond donors (Lipinski definition) is 0. The fourth-order valence-corrected chi connectivity index (χ4v) is 2.68. The number of hydrogen-bond acceptors (Lipinski definition) is 5.